The molecule has 2 amide bonds. The average molecular weight is 410 g/mol. The van der Waals surface area contributed by atoms with Crippen molar-refractivity contribution in [1.29, 1.82) is 0 Å². The van der Waals surface area contributed by atoms with Crippen molar-refractivity contribution < 1.29 is 23.1 Å². The second-order valence-corrected chi connectivity index (χ2v) is 6.64. The first-order valence-electron chi connectivity index (χ1n) is 9.47. The van der Waals surface area contributed by atoms with Crippen LogP contribution in [0.4, 0.5) is 10.1 Å². The standard InChI is InChI=1S/C23H23FN2O4/c1-16-20(12-14-30-16)23(28)26(19-6-4-3-5-7-19)21(22(27)25-13-15-29-2)17-8-10-18(24)11-9-17/h3-12,14,21H,13,15H2,1-2H3,(H,25,27). The van der Waals surface area contributed by atoms with Crippen molar-refractivity contribution in [3.63, 3.8) is 0 Å². The van der Waals surface area contributed by atoms with Gasteiger partial charge in [-0.15, -0.1) is 0 Å². The summed E-state index contributed by atoms with van der Waals surface area (Å²) in [4.78, 5) is 28.1. The number of aryl methyl sites for hydroxylation is 1. The van der Waals surface area contributed by atoms with Crippen molar-refractivity contribution in [1.82, 2.24) is 5.32 Å². The number of ether oxygens (including phenoxy) is 1. The summed E-state index contributed by atoms with van der Waals surface area (Å²) in [6, 6.07) is 14.9. The summed E-state index contributed by atoms with van der Waals surface area (Å²) in [6.45, 7) is 2.28. The molecule has 6 nitrogen and oxygen atoms in total. The van der Waals surface area contributed by atoms with E-state index in [9.17, 15) is 14.0 Å². The summed E-state index contributed by atoms with van der Waals surface area (Å²) >= 11 is 0. The van der Waals surface area contributed by atoms with Gasteiger partial charge in [-0.3, -0.25) is 14.5 Å². The van der Waals surface area contributed by atoms with Crippen molar-refractivity contribution in [3.05, 3.63) is 89.6 Å². The first-order valence-corrected chi connectivity index (χ1v) is 9.47. The molecule has 0 saturated carbocycles. The second kappa shape index (κ2) is 9.84. The Morgan fingerprint density at radius 3 is 2.40 bits per heavy atom. The van der Waals surface area contributed by atoms with Crippen LogP contribution in [0.5, 0.6) is 0 Å². The number of rotatable bonds is 8. The van der Waals surface area contributed by atoms with Gasteiger partial charge >= 0.3 is 0 Å². The Morgan fingerprint density at radius 2 is 1.80 bits per heavy atom. The van der Waals surface area contributed by atoms with Gasteiger partial charge in [0.25, 0.3) is 5.91 Å². The quantitative estimate of drug-likeness (QED) is 0.572. The molecule has 1 unspecified atom stereocenters. The molecule has 0 radical (unpaired) electrons. The van der Waals surface area contributed by atoms with E-state index in [-0.39, 0.29) is 6.54 Å². The topological polar surface area (TPSA) is 71.8 Å². The molecule has 2 aromatic carbocycles. The minimum absolute atomic E-state index is 0.272. The maximum absolute atomic E-state index is 13.5. The summed E-state index contributed by atoms with van der Waals surface area (Å²) in [5.74, 6) is -0.792. The van der Waals surface area contributed by atoms with Gasteiger partial charge in [-0.05, 0) is 42.8 Å². The highest BCUT2D eigenvalue weighted by atomic mass is 19.1. The highest BCUT2D eigenvalue weighted by Gasteiger charge is 2.34. The zero-order valence-electron chi connectivity index (χ0n) is 16.8. The highest BCUT2D eigenvalue weighted by molar-refractivity contribution is 6.10. The molecule has 0 saturated heterocycles. The maximum Gasteiger partial charge on any atom is 0.262 e. The third kappa shape index (κ3) is 4.75. The van der Waals surface area contributed by atoms with E-state index in [2.05, 4.69) is 5.32 Å². The zero-order valence-corrected chi connectivity index (χ0v) is 16.8. The summed E-state index contributed by atoms with van der Waals surface area (Å²) in [5.41, 5.74) is 1.35. The van der Waals surface area contributed by atoms with Gasteiger partial charge in [0, 0.05) is 19.3 Å². The third-order valence-electron chi connectivity index (χ3n) is 4.64. The molecule has 3 rings (SSSR count). The van der Waals surface area contributed by atoms with E-state index in [1.165, 1.54) is 42.5 Å². The van der Waals surface area contributed by atoms with E-state index in [0.29, 0.717) is 29.2 Å². The van der Waals surface area contributed by atoms with E-state index in [4.69, 9.17) is 9.15 Å². The number of amides is 2. The second-order valence-electron chi connectivity index (χ2n) is 6.64. The van der Waals surface area contributed by atoms with Gasteiger partial charge in [0.1, 0.15) is 17.6 Å². The molecule has 0 spiro atoms. The summed E-state index contributed by atoms with van der Waals surface area (Å²) in [6.07, 6.45) is 1.43. The number of carbonyl (C=O) groups is 2. The van der Waals surface area contributed by atoms with Crippen molar-refractivity contribution >= 4 is 17.5 Å². The van der Waals surface area contributed by atoms with Gasteiger partial charge in [-0.1, -0.05) is 30.3 Å². The molecular weight excluding hydrogens is 387 g/mol. The lowest BCUT2D eigenvalue weighted by Gasteiger charge is -2.31. The Labute approximate surface area is 174 Å². The number of hydrogen-bond acceptors (Lipinski definition) is 4. The fourth-order valence-electron chi connectivity index (χ4n) is 3.14. The molecule has 0 aliphatic carbocycles. The molecule has 1 N–H and O–H groups in total. The summed E-state index contributed by atoms with van der Waals surface area (Å²) in [5, 5.41) is 2.79. The average Bonchev–Trinajstić information content (AvgIpc) is 3.19. The van der Waals surface area contributed by atoms with Crippen molar-refractivity contribution in [3.8, 4) is 0 Å². The normalized spacial score (nSPS) is 11.7. The number of nitrogens with one attached hydrogen (secondary N) is 1. The Kier molecular flexibility index (Phi) is 6.98. The minimum Gasteiger partial charge on any atom is -0.469 e. The van der Waals surface area contributed by atoms with Crippen LogP contribution < -0.4 is 10.2 Å². The number of hydrogen-bond donors (Lipinski definition) is 1. The number of furan rings is 1. The number of benzene rings is 2. The molecule has 1 heterocycles. The molecule has 1 aromatic heterocycles. The van der Waals surface area contributed by atoms with Gasteiger partial charge in [0.05, 0.1) is 18.4 Å². The number of carbonyl (C=O) groups excluding carboxylic acids is 2. The monoisotopic (exact) mass is 410 g/mol. The van der Waals surface area contributed by atoms with E-state index >= 15 is 0 Å². The van der Waals surface area contributed by atoms with Crippen LogP contribution in [-0.4, -0.2) is 32.1 Å². The van der Waals surface area contributed by atoms with Gasteiger partial charge in [0.2, 0.25) is 5.91 Å². The van der Waals surface area contributed by atoms with Crippen molar-refractivity contribution in [2.45, 2.75) is 13.0 Å². The maximum atomic E-state index is 13.5. The number of halogens is 1. The van der Waals surface area contributed by atoms with Crippen LogP contribution in [0, 0.1) is 12.7 Å². The predicted molar refractivity (Wildman–Crippen MR) is 111 cm³/mol. The van der Waals surface area contributed by atoms with Crippen molar-refractivity contribution in [2.75, 3.05) is 25.2 Å². The lowest BCUT2D eigenvalue weighted by Crippen LogP contribution is -2.44. The molecule has 0 aliphatic rings. The Bertz CT molecular complexity index is 986. The SMILES string of the molecule is COCCNC(=O)C(c1ccc(F)cc1)N(C(=O)c1ccoc1C)c1ccccc1. The Balaban J connectivity index is 2.10. The lowest BCUT2D eigenvalue weighted by molar-refractivity contribution is -0.122. The molecule has 156 valence electrons. The molecule has 1 atom stereocenters. The van der Waals surface area contributed by atoms with E-state index in [1.807, 2.05) is 6.07 Å². The zero-order chi connectivity index (χ0) is 21.5. The molecule has 3 aromatic rings. The number of nitrogens with zero attached hydrogens (tertiary/aromatic N) is 1. The van der Waals surface area contributed by atoms with Crippen LogP contribution in [0.1, 0.15) is 27.7 Å². The van der Waals surface area contributed by atoms with E-state index in [1.54, 1.807) is 37.3 Å². The number of para-hydroxylation sites is 1. The number of methoxy groups -OCH3 is 1. The van der Waals surface area contributed by atoms with E-state index < -0.39 is 23.7 Å². The Morgan fingerprint density at radius 1 is 1.10 bits per heavy atom. The summed E-state index contributed by atoms with van der Waals surface area (Å²) < 4.78 is 23.9. The molecule has 7 heteroatoms. The van der Waals surface area contributed by atoms with Crippen LogP contribution in [0.2, 0.25) is 0 Å². The third-order valence-corrected chi connectivity index (χ3v) is 4.64. The molecule has 0 fully saturated rings. The van der Waals surface area contributed by atoms with Gasteiger partial charge in [0.15, 0.2) is 0 Å². The fourth-order valence-corrected chi connectivity index (χ4v) is 3.14. The highest BCUT2D eigenvalue weighted by Crippen LogP contribution is 2.30. The first-order chi connectivity index (χ1) is 14.5. The minimum atomic E-state index is -1.02. The van der Waals surface area contributed by atoms with Crippen LogP contribution in [-0.2, 0) is 9.53 Å². The van der Waals surface area contributed by atoms with Gasteiger partial charge < -0.3 is 14.5 Å². The van der Waals surface area contributed by atoms with Gasteiger partial charge in [-0.25, -0.2) is 4.39 Å². The van der Waals surface area contributed by atoms with Crippen LogP contribution in [0.3, 0.4) is 0 Å². The molecular formula is C23H23FN2O4. The van der Waals surface area contributed by atoms with Crippen LogP contribution >= 0.6 is 0 Å². The largest absolute Gasteiger partial charge is 0.469 e. The smallest absolute Gasteiger partial charge is 0.262 e. The van der Waals surface area contributed by atoms with Crippen LogP contribution in [0.25, 0.3) is 0 Å². The summed E-state index contributed by atoms with van der Waals surface area (Å²) in [7, 11) is 1.53. The van der Waals surface area contributed by atoms with Crippen LogP contribution in [0.15, 0.2) is 71.3 Å². The van der Waals surface area contributed by atoms with Gasteiger partial charge in [-0.2, -0.15) is 0 Å². The lowest BCUT2D eigenvalue weighted by atomic mass is 10.0. The Hall–Kier alpha value is -3.45. The van der Waals surface area contributed by atoms with E-state index in [0.717, 1.165) is 0 Å². The molecule has 30 heavy (non-hydrogen) atoms. The first kappa shape index (κ1) is 21.3. The molecule has 0 bridgehead atoms. The predicted octanol–water partition coefficient (Wildman–Crippen LogP) is 3.88. The molecule has 0 aliphatic heterocycles. The number of anilines is 1. The van der Waals surface area contributed by atoms with Crippen molar-refractivity contribution in [2.24, 2.45) is 0 Å². The fraction of sp³-hybridized carbons (Fsp3) is 0.217.